The lowest BCUT2D eigenvalue weighted by molar-refractivity contribution is -0.128. The van der Waals surface area contributed by atoms with Crippen molar-refractivity contribution in [3.05, 3.63) is 96.1 Å². The van der Waals surface area contributed by atoms with E-state index in [0.717, 1.165) is 17.5 Å². The predicted molar refractivity (Wildman–Crippen MR) is 126 cm³/mol. The molecule has 5 heteroatoms. The lowest BCUT2D eigenvalue weighted by atomic mass is 9.88. The Kier molecular flexibility index (Phi) is 6.85. The summed E-state index contributed by atoms with van der Waals surface area (Å²) in [5, 5.41) is 2.88. The molecule has 1 aliphatic heterocycles. The van der Waals surface area contributed by atoms with Gasteiger partial charge in [0, 0.05) is 18.9 Å². The maximum atomic E-state index is 13.6. The molecule has 0 unspecified atom stereocenters. The summed E-state index contributed by atoms with van der Waals surface area (Å²) >= 11 is 0. The fourth-order valence-corrected chi connectivity index (χ4v) is 4.05. The van der Waals surface area contributed by atoms with Crippen molar-refractivity contribution in [1.29, 1.82) is 0 Å². The van der Waals surface area contributed by atoms with E-state index in [1.807, 2.05) is 61.5 Å². The minimum Gasteiger partial charge on any atom is -0.477 e. The number of hydrogen-bond acceptors (Lipinski definition) is 3. The highest BCUT2D eigenvalue weighted by atomic mass is 16.5. The Morgan fingerprint density at radius 3 is 2.16 bits per heavy atom. The van der Waals surface area contributed by atoms with Crippen LogP contribution in [0.5, 0.6) is 5.75 Å². The van der Waals surface area contributed by atoms with Crippen molar-refractivity contribution in [1.82, 2.24) is 5.32 Å². The Morgan fingerprint density at radius 2 is 1.53 bits per heavy atom. The van der Waals surface area contributed by atoms with Crippen LogP contribution in [0.1, 0.15) is 36.8 Å². The summed E-state index contributed by atoms with van der Waals surface area (Å²) in [5.74, 6) is 0.251. The van der Waals surface area contributed by atoms with Crippen molar-refractivity contribution in [3.8, 4) is 5.75 Å². The number of nitrogens with one attached hydrogen (secondary N) is 1. The van der Waals surface area contributed by atoms with Gasteiger partial charge in [0.15, 0.2) is 6.10 Å². The molecule has 1 atom stereocenters. The number of amides is 2. The molecule has 0 saturated carbocycles. The van der Waals surface area contributed by atoms with E-state index in [1.165, 1.54) is 0 Å². The first-order chi connectivity index (χ1) is 15.7. The SMILES string of the molecule is CCCNC(=O)[C@H]1CN(C(=O)CC(c2ccccc2)c2ccccc2)c2ccccc2O1. The van der Waals surface area contributed by atoms with E-state index in [9.17, 15) is 9.59 Å². The Balaban J connectivity index is 1.62. The number of ether oxygens (including phenoxy) is 1. The minimum atomic E-state index is -0.729. The monoisotopic (exact) mass is 428 g/mol. The predicted octanol–water partition coefficient (Wildman–Crippen LogP) is 4.53. The molecular formula is C27H28N2O3. The third-order valence-corrected chi connectivity index (χ3v) is 5.70. The molecule has 1 N–H and O–H groups in total. The van der Waals surface area contributed by atoms with E-state index in [1.54, 1.807) is 11.0 Å². The molecule has 0 bridgehead atoms. The molecular weight excluding hydrogens is 400 g/mol. The van der Waals surface area contributed by atoms with Crippen molar-refractivity contribution in [2.24, 2.45) is 0 Å². The Hall–Kier alpha value is -3.60. The zero-order valence-electron chi connectivity index (χ0n) is 18.2. The summed E-state index contributed by atoms with van der Waals surface area (Å²) in [5.41, 5.74) is 2.88. The number of carbonyl (C=O) groups excluding carboxylic acids is 2. The van der Waals surface area contributed by atoms with Gasteiger partial charge in [-0.2, -0.15) is 0 Å². The van der Waals surface area contributed by atoms with E-state index in [0.29, 0.717) is 24.4 Å². The number of carbonyl (C=O) groups is 2. The molecule has 0 aliphatic carbocycles. The van der Waals surface area contributed by atoms with Gasteiger partial charge < -0.3 is 15.0 Å². The third-order valence-electron chi connectivity index (χ3n) is 5.70. The number of anilines is 1. The van der Waals surface area contributed by atoms with Gasteiger partial charge in [-0.05, 0) is 29.7 Å². The van der Waals surface area contributed by atoms with E-state index in [4.69, 9.17) is 4.74 Å². The second kappa shape index (κ2) is 10.1. The lowest BCUT2D eigenvalue weighted by Crippen LogP contribution is -2.51. The largest absolute Gasteiger partial charge is 0.477 e. The van der Waals surface area contributed by atoms with E-state index < -0.39 is 6.10 Å². The zero-order valence-corrected chi connectivity index (χ0v) is 18.2. The summed E-state index contributed by atoms with van der Waals surface area (Å²) in [6, 6.07) is 27.6. The molecule has 0 radical (unpaired) electrons. The van der Waals surface area contributed by atoms with Crippen LogP contribution < -0.4 is 15.0 Å². The Bertz CT molecular complexity index is 1010. The lowest BCUT2D eigenvalue weighted by Gasteiger charge is -2.35. The first-order valence-corrected chi connectivity index (χ1v) is 11.1. The highest BCUT2D eigenvalue weighted by Crippen LogP contribution is 2.36. The summed E-state index contributed by atoms with van der Waals surface area (Å²) in [6.45, 7) is 2.78. The number of nitrogens with zero attached hydrogens (tertiary/aromatic N) is 1. The summed E-state index contributed by atoms with van der Waals surface area (Å²) < 4.78 is 5.94. The van der Waals surface area contributed by atoms with Gasteiger partial charge in [0.2, 0.25) is 5.91 Å². The number of benzene rings is 3. The first-order valence-electron chi connectivity index (χ1n) is 11.1. The van der Waals surface area contributed by atoms with Crippen LogP contribution in [0, 0.1) is 0 Å². The quantitative estimate of drug-likeness (QED) is 0.602. The van der Waals surface area contributed by atoms with E-state index in [-0.39, 0.29) is 24.3 Å². The fourth-order valence-electron chi connectivity index (χ4n) is 4.05. The molecule has 4 rings (SSSR count). The van der Waals surface area contributed by atoms with Crippen LogP contribution in [0.25, 0.3) is 0 Å². The molecule has 0 saturated heterocycles. The van der Waals surface area contributed by atoms with Crippen molar-refractivity contribution in [2.75, 3.05) is 18.0 Å². The van der Waals surface area contributed by atoms with Crippen molar-refractivity contribution in [2.45, 2.75) is 31.8 Å². The molecule has 0 aromatic heterocycles. The van der Waals surface area contributed by atoms with Crippen molar-refractivity contribution >= 4 is 17.5 Å². The fraction of sp³-hybridized carbons (Fsp3) is 0.259. The van der Waals surface area contributed by atoms with Crippen LogP contribution in [-0.4, -0.2) is 31.0 Å². The highest BCUT2D eigenvalue weighted by molar-refractivity contribution is 5.97. The maximum Gasteiger partial charge on any atom is 0.262 e. The maximum absolute atomic E-state index is 13.6. The third kappa shape index (κ3) is 4.83. The smallest absolute Gasteiger partial charge is 0.262 e. The van der Waals surface area contributed by atoms with Gasteiger partial charge in [-0.15, -0.1) is 0 Å². The van der Waals surface area contributed by atoms with Gasteiger partial charge >= 0.3 is 0 Å². The van der Waals surface area contributed by atoms with Gasteiger partial charge in [0.05, 0.1) is 12.2 Å². The summed E-state index contributed by atoms with van der Waals surface area (Å²) in [4.78, 5) is 28.0. The topological polar surface area (TPSA) is 58.6 Å². The molecule has 164 valence electrons. The average molecular weight is 429 g/mol. The highest BCUT2D eigenvalue weighted by Gasteiger charge is 2.34. The molecule has 1 heterocycles. The molecule has 1 aliphatic rings. The second-order valence-corrected chi connectivity index (χ2v) is 7.95. The molecule has 0 spiro atoms. The molecule has 32 heavy (non-hydrogen) atoms. The molecule has 3 aromatic carbocycles. The normalized spacial score (nSPS) is 15.1. The number of fused-ring (bicyclic) bond motifs is 1. The van der Waals surface area contributed by atoms with Crippen LogP contribution in [0.15, 0.2) is 84.9 Å². The van der Waals surface area contributed by atoms with Gasteiger partial charge in [-0.3, -0.25) is 9.59 Å². The average Bonchev–Trinajstić information content (AvgIpc) is 2.86. The van der Waals surface area contributed by atoms with Crippen LogP contribution in [0.2, 0.25) is 0 Å². The van der Waals surface area contributed by atoms with Gasteiger partial charge in [0.25, 0.3) is 5.91 Å². The Labute approximate surface area is 189 Å². The van der Waals surface area contributed by atoms with Crippen molar-refractivity contribution in [3.63, 3.8) is 0 Å². The molecule has 3 aromatic rings. The zero-order chi connectivity index (χ0) is 22.3. The second-order valence-electron chi connectivity index (χ2n) is 7.95. The van der Waals surface area contributed by atoms with Crippen LogP contribution >= 0.6 is 0 Å². The van der Waals surface area contributed by atoms with Crippen LogP contribution in [0.4, 0.5) is 5.69 Å². The number of rotatable bonds is 7. The Morgan fingerprint density at radius 1 is 0.938 bits per heavy atom. The van der Waals surface area contributed by atoms with Gasteiger partial charge in [-0.25, -0.2) is 0 Å². The van der Waals surface area contributed by atoms with E-state index >= 15 is 0 Å². The first kappa shape index (κ1) is 21.6. The minimum absolute atomic E-state index is 0.0354. The number of para-hydroxylation sites is 2. The number of hydrogen-bond donors (Lipinski definition) is 1. The van der Waals surface area contributed by atoms with Gasteiger partial charge in [-0.1, -0.05) is 79.7 Å². The van der Waals surface area contributed by atoms with Crippen LogP contribution in [0.3, 0.4) is 0 Å². The van der Waals surface area contributed by atoms with Crippen LogP contribution in [-0.2, 0) is 9.59 Å². The molecule has 5 nitrogen and oxygen atoms in total. The molecule has 0 fully saturated rings. The summed E-state index contributed by atoms with van der Waals surface area (Å²) in [7, 11) is 0. The molecule has 2 amide bonds. The van der Waals surface area contributed by atoms with Crippen molar-refractivity contribution < 1.29 is 14.3 Å². The summed E-state index contributed by atoms with van der Waals surface area (Å²) in [6.07, 6.45) is 0.409. The standard InChI is InChI=1S/C27H28N2O3/c1-2-17-28-27(31)25-19-29(23-15-9-10-16-24(23)32-25)26(30)18-22(20-11-5-3-6-12-20)21-13-7-4-8-14-21/h3-16,22,25H,2,17-19H2,1H3,(H,28,31)/t25-/m1/s1. The van der Waals surface area contributed by atoms with E-state index in [2.05, 4.69) is 29.6 Å². The van der Waals surface area contributed by atoms with Gasteiger partial charge in [0.1, 0.15) is 5.75 Å².